The highest BCUT2D eigenvalue weighted by molar-refractivity contribution is 7.89. The van der Waals surface area contributed by atoms with Crippen LogP contribution in [-0.4, -0.2) is 85.7 Å². The van der Waals surface area contributed by atoms with Crippen LogP contribution in [0.15, 0.2) is 58.0 Å². The number of hydrogen-bond acceptors (Lipinski definition) is 7. The summed E-state index contributed by atoms with van der Waals surface area (Å²) in [5.41, 5.74) is 0. The third-order valence-corrected chi connectivity index (χ3v) is 7.74. The molecule has 2 aliphatic heterocycles. The zero-order valence-corrected chi connectivity index (χ0v) is 18.8. The molecule has 1 aromatic heterocycles. The highest BCUT2D eigenvalue weighted by atomic mass is 32.2. The number of carbonyl (C=O) groups excluding carboxylic acids is 3. The molecule has 0 bridgehead atoms. The number of piperazine rings is 1. The first kappa shape index (κ1) is 23.0. The summed E-state index contributed by atoms with van der Waals surface area (Å²) in [5, 5.41) is 0. The van der Waals surface area contributed by atoms with E-state index in [1.54, 1.807) is 24.3 Å². The van der Waals surface area contributed by atoms with Gasteiger partial charge in [-0.25, -0.2) is 13.2 Å². The van der Waals surface area contributed by atoms with Crippen LogP contribution >= 0.6 is 0 Å². The monoisotopic (exact) mass is 475 g/mol. The Morgan fingerprint density at radius 2 is 1.70 bits per heavy atom. The van der Waals surface area contributed by atoms with Crippen LogP contribution in [-0.2, 0) is 24.3 Å². The van der Waals surface area contributed by atoms with Crippen molar-refractivity contribution in [2.75, 3.05) is 39.3 Å². The number of likely N-dealkylation sites (tertiary alicyclic amines) is 1. The van der Waals surface area contributed by atoms with Gasteiger partial charge in [-0.3, -0.25) is 9.59 Å². The van der Waals surface area contributed by atoms with Gasteiger partial charge in [0.2, 0.25) is 10.0 Å². The van der Waals surface area contributed by atoms with E-state index in [1.807, 2.05) is 0 Å². The number of esters is 1. The van der Waals surface area contributed by atoms with Gasteiger partial charge in [-0.2, -0.15) is 4.31 Å². The van der Waals surface area contributed by atoms with E-state index in [1.165, 1.54) is 38.6 Å². The fourth-order valence-corrected chi connectivity index (χ4v) is 5.48. The molecule has 1 unspecified atom stereocenters. The van der Waals surface area contributed by atoms with Gasteiger partial charge in [0.15, 0.2) is 12.4 Å². The number of rotatable bonds is 6. The van der Waals surface area contributed by atoms with Crippen molar-refractivity contribution in [2.24, 2.45) is 0 Å². The van der Waals surface area contributed by atoms with E-state index in [0.29, 0.717) is 19.4 Å². The molecule has 0 saturated carbocycles. The Morgan fingerprint density at radius 3 is 2.36 bits per heavy atom. The molecule has 33 heavy (non-hydrogen) atoms. The topological polar surface area (TPSA) is 117 Å². The molecule has 11 heteroatoms. The van der Waals surface area contributed by atoms with E-state index in [4.69, 9.17) is 9.15 Å². The highest BCUT2D eigenvalue weighted by Gasteiger charge is 2.37. The maximum atomic E-state index is 12.7. The first-order valence-corrected chi connectivity index (χ1v) is 12.2. The van der Waals surface area contributed by atoms with Crippen molar-refractivity contribution in [3.8, 4) is 0 Å². The average molecular weight is 476 g/mol. The molecular weight excluding hydrogens is 450 g/mol. The molecular formula is C22H25N3O7S. The van der Waals surface area contributed by atoms with Crippen LogP contribution in [0.25, 0.3) is 0 Å². The fraction of sp³-hybridized carbons (Fsp3) is 0.409. The number of furan rings is 1. The SMILES string of the molecule is O=C(OCC(=O)N1CCN(S(=O)(=O)c2ccccc2)CC1)C1CCCN1C(=O)c1ccco1. The third-order valence-electron chi connectivity index (χ3n) is 5.83. The van der Waals surface area contributed by atoms with Crippen molar-refractivity contribution in [3.63, 3.8) is 0 Å². The van der Waals surface area contributed by atoms with Gasteiger partial charge in [-0.1, -0.05) is 18.2 Å². The summed E-state index contributed by atoms with van der Waals surface area (Å²) >= 11 is 0. The number of hydrogen-bond donors (Lipinski definition) is 0. The summed E-state index contributed by atoms with van der Waals surface area (Å²) in [7, 11) is -3.62. The Balaban J connectivity index is 1.27. The summed E-state index contributed by atoms with van der Waals surface area (Å²) in [6.07, 6.45) is 2.49. The van der Waals surface area contributed by atoms with Gasteiger partial charge in [0.1, 0.15) is 6.04 Å². The van der Waals surface area contributed by atoms with E-state index in [0.717, 1.165) is 0 Å². The molecule has 2 fully saturated rings. The quantitative estimate of drug-likeness (QED) is 0.571. The predicted octanol–water partition coefficient (Wildman–Crippen LogP) is 0.961. The molecule has 3 heterocycles. The second-order valence-electron chi connectivity index (χ2n) is 7.84. The first-order valence-electron chi connectivity index (χ1n) is 10.7. The third kappa shape index (κ3) is 4.93. The molecule has 2 saturated heterocycles. The average Bonchev–Trinajstić information content (AvgIpc) is 3.55. The molecule has 4 rings (SSSR count). The number of sulfonamides is 1. The summed E-state index contributed by atoms with van der Waals surface area (Å²) < 4.78 is 37.1. The van der Waals surface area contributed by atoms with Gasteiger partial charge >= 0.3 is 5.97 Å². The molecule has 176 valence electrons. The lowest BCUT2D eigenvalue weighted by Crippen LogP contribution is -2.51. The number of carbonyl (C=O) groups is 3. The van der Waals surface area contributed by atoms with E-state index in [-0.39, 0.29) is 42.7 Å². The molecule has 2 amide bonds. The molecule has 2 aromatic rings. The second kappa shape index (κ2) is 9.75. The summed E-state index contributed by atoms with van der Waals surface area (Å²) in [6, 6.07) is 10.5. The molecule has 10 nitrogen and oxygen atoms in total. The number of nitrogens with zero attached hydrogens (tertiary/aromatic N) is 3. The van der Waals surface area contributed by atoms with E-state index in [2.05, 4.69) is 0 Å². The van der Waals surface area contributed by atoms with Crippen molar-refractivity contribution in [3.05, 3.63) is 54.5 Å². The lowest BCUT2D eigenvalue weighted by molar-refractivity contribution is -0.155. The van der Waals surface area contributed by atoms with Crippen LogP contribution in [0.5, 0.6) is 0 Å². The van der Waals surface area contributed by atoms with Crippen molar-refractivity contribution in [1.82, 2.24) is 14.1 Å². The van der Waals surface area contributed by atoms with Crippen LogP contribution < -0.4 is 0 Å². The molecule has 0 N–H and O–H groups in total. The maximum Gasteiger partial charge on any atom is 0.329 e. The van der Waals surface area contributed by atoms with Gasteiger partial charge in [-0.05, 0) is 37.1 Å². The number of benzene rings is 1. The Bertz CT molecular complexity index is 1090. The van der Waals surface area contributed by atoms with Crippen LogP contribution in [0.1, 0.15) is 23.4 Å². The molecule has 0 spiro atoms. The smallest absolute Gasteiger partial charge is 0.329 e. The number of amides is 2. The Hall–Kier alpha value is -3.18. The Kier molecular flexibility index (Phi) is 6.80. The van der Waals surface area contributed by atoms with Gasteiger partial charge in [0, 0.05) is 32.7 Å². The zero-order valence-electron chi connectivity index (χ0n) is 18.0. The lowest BCUT2D eigenvalue weighted by Gasteiger charge is -2.34. The Morgan fingerprint density at radius 1 is 0.970 bits per heavy atom. The zero-order chi connectivity index (χ0) is 23.4. The molecule has 1 atom stereocenters. The lowest BCUT2D eigenvalue weighted by atomic mass is 10.2. The standard InChI is InChI=1S/C22H25N3O7S/c26-20(23-11-13-24(14-12-23)33(29,30)17-6-2-1-3-7-17)16-32-22(28)18-8-4-10-25(18)21(27)19-9-5-15-31-19/h1-3,5-7,9,15,18H,4,8,10-14,16H2. The van der Waals surface area contributed by atoms with Crippen molar-refractivity contribution < 1.29 is 32.0 Å². The van der Waals surface area contributed by atoms with Crippen molar-refractivity contribution in [1.29, 1.82) is 0 Å². The summed E-state index contributed by atoms with van der Waals surface area (Å²) in [5.74, 6) is -1.27. The highest BCUT2D eigenvalue weighted by Crippen LogP contribution is 2.22. The second-order valence-corrected chi connectivity index (χ2v) is 9.78. The normalized spacial score (nSPS) is 19.5. The van der Waals surface area contributed by atoms with Gasteiger partial charge in [0.25, 0.3) is 11.8 Å². The van der Waals surface area contributed by atoms with Gasteiger partial charge in [0.05, 0.1) is 11.2 Å². The maximum absolute atomic E-state index is 12.7. The molecule has 0 radical (unpaired) electrons. The molecule has 0 aliphatic carbocycles. The van der Waals surface area contributed by atoms with Crippen LogP contribution in [0.3, 0.4) is 0 Å². The largest absolute Gasteiger partial charge is 0.459 e. The van der Waals surface area contributed by atoms with Crippen molar-refractivity contribution >= 4 is 27.8 Å². The van der Waals surface area contributed by atoms with E-state index in [9.17, 15) is 22.8 Å². The van der Waals surface area contributed by atoms with Crippen LogP contribution in [0.2, 0.25) is 0 Å². The molecule has 2 aliphatic rings. The van der Waals surface area contributed by atoms with Gasteiger partial charge in [-0.15, -0.1) is 0 Å². The minimum absolute atomic E-state index is 0.147. The van der Waals surface area contributed by atoms with Crippen LogP contribution in [0, 0.1) is 0 Å². The first-order chi connectivity index (χ1) is 15.9. The van der Waals surface area contributed by atoms with E-state index < -0.39 is 34.5 Å². The van der Waals surface area contributed by atoms with Gasteiger partial charge < -0.3 is 19.0 Å². The Labute approximate surface area is 191 Å². The fourth-order valence-electron chi connectivity index (χ4n) is 4.04. The summed E-state index contributed by atoms with van der Waals surface area (Å²) in [4.78, 5) is 40.7. The minimum atomic E-state index is -3.62. The minimum Gasteiger partial charge on any atom is -0.459 e. The van der Waals surface area contributed by atoms with E-state index >= 15 is 0 Å². The molecule has 1 aromatic carbocycles. The van der Waals surface area contributed by atoms with Crippen molar-refractivity contribution in [2.45, 2.75) is 23.8 Å². The summed E-state index contributed by atoms with van der Waals surface area (Å²) in [6.45, 7) is 0.675. The van der Waals surface area contributed by atoms with Crippen LogP contribution in [0.4, 0.5) is 0 Å². The predicted molar refractivity (Wildman–Crippen MR) is 116 cm³/mol. The number of ether oxygens (including phenoxy) is 1.